The molecule has 1 saturated heterocycles. The summed E-state index contributed by atoms with van der Waals surface area (Å²) < 4.78 is 44.6. The smallest absolute Gasteiger partial charge is 0.379 e. The van der Waals surface area contributed by atoms with Crippen LogP contribution in [0.15, 0.2) is 40.2 Å². The van der Waals surface area contributed by atoms with Crippen molar-refractivity contribution in [3.63, 3.8) is 0 Å². The monoisotopic (exact) mass is 462 g/mol. The Hall–Kier alpha value is -1.42. The summed E-state index contributed by atoms with van der Waals surface area (Å²) in [5, 5.41) is 4.72. The number of hydrogen-bond acceptors (Lipinski definition) is 4. The molecule has 0 radical (unpaired) electrons. The molecular weight excluding hydrogens is 445 g/mol. The van der Waals surface area contributed by atoms with Gasteiger partial charge in [-0.25, -0.2) is 0 Å². The zero-order chi connectivity index (χ0) is 19.4. The number of benzene rings is 1. The molecule has 1 aliphatic rings. The van der Waals surface area contributed by atoms with Crippen LogP contribution < -0.4 is 5.32 Å². The first-order valence-electron chi connectivity index (χ1n) is 8.36. The van der Waals surface area contributed by atoms with E-state index in [1.165, 1.54) is 23.5 Å². The summed E-state index contributed by atoms with van der Waals surface area (Å²) in [5.74, 6) is -0.206. The fourth-order valence-corrected chi connectivity index (χ4v) is 4.43. The highest BCUT2D eigenvalue weighted by Gasteiger charge is 2.31. The van der Waals surface area contributed by atoms with E-state index in [4.69, 9.17) is 4.74 Å². The van der Waals surface area contributed by atoms with Crippen LogP contribution in [0, 0.1) is 0 Å². The highest BCUT2D eigenvalue weighted by Crippen LogP contribution is 2.31. The van der Waals surface area contributed by atoms with Crippen LogP contribution in [0.1, 0.15) is 26.8 Å². The van der Waals surface area contributed by atoms with Crippen molar-refractivity contribution < 1.29 is 22.7 Å². The number of carbonyl (C=O) groups excluding carboxylic acids is 1. The molecule has 1 atom stereocenters. The first-order valence-corrected chi connectivity index (χ1v) is 10.0. The summed E-state index contributed by atoms with van der Waals surface area (Å²) in [6.07, 6.45) is -4.37. The van der Waals surface area contributed by atoms with Crippen LogP contribution in [-0.2, 0) is 10.9 Å². The van der Waals surface area contributed by atoms with Gasteiger partial charge in [0.2, 0.25) is 0 Å². The molecule has 1 aromatic carbocycles. The Bertz CT molecular complexity index is 774. The van der Waals surface area contributed by atoms with Crippen LogP contribution in [0.3, 0.4) is 0 Å². The van der Waals surface area contributed by atoms with Crippen molar-refractivity contribution in [1.29, 1.82) is 0 Å². The molecule has 0 spiro atoms. The Morgan fingerprint density at radius 2 is 1.89 bits per heavy atom. The zero-order valence-corrected chi connectivity index (χ0v) is 16.7. The van der Waals surface area contributed by atoms with Crippen molar-refractivity contribution in [2.24, 2.45) is 0 Å². The molecule has 2 heterocycles. The third kappa shape index (κ3) is 5.10. The minimum absolute atomic E-state index is 0.206. The lowest BCUT2D eigenvalue weighted by Gasteiger charge is -2.35. The number of hydrogen-bond donors (Lipinski definition) is 1. The summed E-state index contributed by atoms with van der Waals surface area (Å²) in [7, 11) is 0. The maximum absolute atomic E-state index is 12.8. The number of nitrogens with one attached hydrogen (secondary N) is 1. The molecule has 1 unspecified atom stereocenters. The van der Waals surface area contributed by atoms with Crippen molar-refractivity contribution in [2.45, 2.75) is 12.2 Å². The van der Waals surface area contributed by atoms with Gasteiger partial charge in [0.05, 0.1) is 24.8 Å². The van der Waals surface area contributed by atoms with E-state index in [-0.39, 0.29) is 11.9 Å². The second kappa shape index (κ2) is 8.72. The second-order valence-electron chi connectivity index (χ2n) is 6.09. The van der Waals surface area contributed by atoms with Gasteiger partial charge in [0.1, 0.15) is 4.88 Å². The predicted molar refractivity (Wildman–Crippen MR) is 101 cm³/mol. The molecule has 1 aromatic heterocycles. The van der Waals surface area contributed by atoms with Crippen molar-refractivity contribution in [3.8, 4) is 0 Å². The van der Waals surface area contributed by atoms with E-state index >= 15 is 0 Å². The Kier molecular flexibility index (Phi) is 6.56. The van der Waals surface area contributed by atoms with Crippen molar-refractivity contribution >= 4 is 33.2 Å². The largest absolute Gasteiger partial charge is 0.416 e. The molecule has 27 heavy (non-hydrogen) atoms. The molecule has 0 aliphatic carbocycles. The van der Waals surface area contributed by atoms with E-state index in [1.54, 1.807) is 6.07 Å². The number of alkyl halides is 3. The number of carbonyl (C=O) groups is 1. The molecule has 146 valence electrons. The number of morpholine rings is 1. The van der Waals surface area contributed by atoms with E-state index in [0.717, 1.165) is 22.2 Å². The van der Waals surface area contributed by atoms with Crippen LogP contribution in [0.2, 0.25) is 0 Å². The number of rotatable bonds is 5. The number of halogens is 4. The standard InChI is InChI=1S/C18H18BrF3N2O2S/c19-14-5-10-27-16(14)17(25)23-11-15(24-6-8-26-9-7-24)12-1-3-13(4-2-12)18(20,21)22/h1-5,10,15H,6-9,11H2,(H,23,25). The van der Waals surface area contributed by atoms with Crippen molar-refractivity contribution in [2.75, 3.05) is 32.8 Å². The maximum Gasteiger partial charge on any atom is 0.416 e. The number of nitrogens with zero attached hydrogens (tertiary/aromatic N) is 1. The molecule has 1 N–H and O–H groups in total. The fraction of sp³-hybridized carbons (Fsp3) is 0.389. The maximum atomic E-state index is 12.8. The van der Waals surface area contributed by atoms with Gasteiger partial charge in [0.15, 0.2) is 0 Å². The van der Waals surface area contributed by atoms with Crippen LogP contribution in [0.4, 0.5) is 13.2 Å². The molecule has 9 heteroatoms. The average molecular weight is 463 g/mol. The van der Waals surface area contributed by atoms with Gasteiger partial charge in [-0.2, -0.15) is 13.2 Å². The topological polar surface area (TPSA) is 41.6 Å². The second-order valence-corrected chi connectivity index (χ2v) is 7.86. The Balaban J connectivity index is 1.76. The lowest BCUT2D eigenvalue weighted by atomic mass is 10.0. The molecule has 1 aliphatic heterocycles. The summed E-state index contributed by atoms with van der Waals surface area (Å²) >= 11 is 4.67. The molecule has 2 aromatic rings. The quantitative estimate of drug-likeness (QED) is 0.718. The minimum atomic E-state index is -4.37. The number of ether oxygens (including phenoxy) is 1. The first-order chi connectivity index (χ1) is 12.9. The third-order valence-corrected chi connectivity index (χ3v) is 6.23. The van der Waals surface area contributed by atoms with Crippen molar-refractivity contribution in [3.05, 3.63) is 56.2 Å². The lowest BCUT2D eigenvalue weighted by molar-refractivity contribution is -0.137. The van der Waals surface area contributed by atoms with Gasteiger partial charge in [0, 0.05) is 24.1 Å². The summed E-state index contributed by atoms with van der Waals surface area (Å²) in [5.41, 5.74) is 0.0500. The van der Waals surface area contributed by atoms with Crippen LogP contribution in [-0.4, -0.2) is 43.7 Å². The highest BCUT2D eigenvalue weighted by molar-refractivity contribution is 9.10. The summed E-state index contributed by atoms with van der Waals surface area (Å²) in [6, 6.07) is 6.71. The normalized spacial score (nSPS) is 16.9. The van der Waals surface area contributed by atoms with Gasteiger partial charge >= 0.3 is 6.18 Å². The molecule has 0 bridgehead atoms. The first kappa shape index (κ1) is 20.3. The highest BCUT2D eigenvalue weighted by atomic mass is 79.9. The average Bonchev–Trinajstić information content (AvgIpc) is 3.08. The minimum Gasteiger partial charge on any atom is -0.379 e. The van der Waals surface area contributed by atoms with E-state index in [1.807, 2.05) is 5.38 Å². The Morgan fingerprint density at radius 3 is 2.44 bits per heavy atom. The Labute approximate surface area is 167 Å². The van der Waals surface area contributed by atoms with E-state index < -0.39 is 11.7 Å². The molecular formula is C18H18BrF3N2O2S. The fourth-order valence-electron chi connectivity index (χ4n) is 2.97. The van der Waals surface area contributed by atoms with Gasteiger partial charge < -0.3 is 10.1 Å². The molecule has 3 rings (SSSR count). The Morgan fingerprint density at radius 1 is 1.22 bits per heavy atom. The van der Waals surface area contributed by atoms with Gasteiger partial charge in [-0.05, 0) is 45.1 Å². The summed E-state index contributed by atoms with van der Waals surface area (Å²) in [6.45, 7) is 2.73. The van der Waals surface area contributed by atoms with Crippen LogP contribution in [0.5, 0.6) is 0 Å². The van der Waals surface area contributed by atoms with Gasteiger partial charge in [-0.3, -0.25) is 9.69 Å². The van der Waals surface area contributed by atoms with Gasteiger partial charge in [-0.1, -0.05) is 12.1 Å². The third-order valence-electron chi connectivity index (χ3n) is 4.39. The van der Waals surface area contributed by atoms with Crippen LogP contribution >= 0.6 is 27.3 Å². The van der Waals surface area contributed by atoms with Gasteiger partial charge in [0.25, 0.3) is 5.91 Å². The zero-order valence-electron chi connectivity index (χ0n) is 14.3. The van der Waals surface area contributed by atoms with Gasteiger partial charge in [-0.15, -0.1) is 11.3 Å². The van der Waals surface area contributed by atoms with E-state index in [2.05, 4.69) is 26.1 Å². The number of thiophene rings is 1. The SMILES string of the molecule is O=C(NCC(c1ccc(C(F)(F)F)cc1)N1CCOCC1)c1sccc1Br. The summed E-state index contributed by atoms with van der Waals surface area (Å²) in [4.78, 5) is 15.1. The lowest BCUT2D eigenvalue weighted by Crippen LogP contribution is -2.43. The molecule has 1 fully saturated rings. The molecule has 4 nitrogen and oxygen atoms in total. The molecule has 1 amide bonds. The van der Waals surface area contributed by atoms with Crippen LogP contribution in [0.25, 0.3) is 0 Å². The predicted octanol–water partition coefficient (Wildman–Crippen LogP) is 4.33. The van der Waals surface area contributed by atoms with E-state index in [9.17, 15) is 18.0 Å². The van der Waals surface area contributed by atoms with E-state index in [0.29, 0.717) is 37.7 Å². The molecule has 0 saturated carbocycles. The number of amides is 1. The van der Waals surface area contributed by atoms with Crippen molar-refractivity contribution in [1.82, 2.24) is 10.2 Å².